The molecule has 0 fully saturated rings. The maximum Gasteiger partial charge on any atom is 0.407 e. The average Bonchev–Trinajstić information content (AvgIpc) is 3.72. The summed E-state index contributed by atoms with van der Waals surface area (Å²) in [6, 6.07) is 9.57. The van der Waals surface area contributed by atoms with Gasteiger partial charge in [0.05, 0.1) is 40.8 Å². The van der Waals surface area contributed by atoms with Crippen molar-refractivity contribution in [3.63, 3.8) is 0 Å². The van der Waals surface area contributed by atoms with Crippen molar-refractivity contribution < 1.29 is 62.9 Å². The van der Waals surface area contributed by atoms with Crippen molar-refractivity contribution in [2.75, 3.05) is 26.3 Å². The fourth-order valence-corrected chi connectivity index (χ4v) is 6.05. The van der Waals surface area contributed by atoms with Gasteiger partial charge in [-0.2, -0.15) is 0 Å². The van der Waals surface area contributed by atoms with Gasteiger partial charge in [0, 0.05) is 50.7 Å². The number of aromatic hydroxyl groups is 1. The van der Waals surface area contributed by atoms with Crippen molar-refractivity contribution in [3.05, 3.63) is 69.0 Å². The van der Waals surface area contributed by atoms with Gasteiger partial charge in [0.25, 0.3) is 5.56 Å². The van der Waals surface area contributed by atoms with Gasteiger partial charge in [0.2, 0.25) is 6.79 Å². The summed E-state index contributed by atoms with van der Waals surface area (Å²) >= 11 is 0. The Bertz CT molecular complexity index is 2150. The van der Waals surface area contributed by atoms with E-state index in [4.69, 9.17) is 38.1 Å². The van der Waals surface area contributed by atoms with E-state index >= 15 is 0 Å². The average molecular weight is 737 g/mol. The Labute approximate surface area is 300 Å². The number of nitrogens with zero attached hydrogens (tertiary/aromatic N) is 2. The summed E-state index contributed by atoms with van der Waals surface area (Å²) in [5.74, 6) is -1.08. The lowest BCUT2D eigenvalue weighted by molar-refractivity contribution is -0.252. The maximum atomic E-state index is 13.4. The number of aliphatic carboxylic acids is 1. The SMILES string of the molecule is CNc1cc(COC(=O)NCc2c3c(nc4cc5c(cc24)OCO5)-c2cc(O)c(COC(C)=O)c(=O)n2C3)ccc1OC(O)OC(C)C(OC)C(=O)O. The Morgan fingerprint density at radius 1 is 1.06 bits per heavy atom. The van der Waals surface area contributed by atoms with Gasteiger partial charge in [-0.3, -0.25) is 9.59 Å². The van der Waals surface area contributed by atoms with Crippen LogP contribution in [0.4, 0.5) is 10.5 Å². The fraction of sp³-hybridized carbons (Fsp3) is 0.343. The molecule has 3 unspecified atom stereocenters. The zero-order valence-corrected chi connectivity index (χ0v) is 29.0. The number of amides is 1. The highest BCUT2D eigenvalue weighted by Crippen LogP contribution is 2.42. The molecule has 18 nitrogen and oxygen atoms in total. The van der Waals surface area contributed by atoms with Crippen LogP contribution >= 0.6 is 0 Å². The molecule has 0 radical (unpaired) electrons. The molecule has 4 heterocycles. The zero-order valence-electron chi connectivity index (χ0n) is 29.0. The highest BCUT2D eigenvalue weighted by molar-refractivity contribution is 5.91. The van der Waals surface area contributed by atoms with Crippen molar-refractivity contribution >= 4 is 34.6 Å². The van der Waals surface area contributed by atoms with Crippen LogP contribution in [0.2, 0.25) is 0 Å². The summed E-state index contributed by atoms with van der Waals surface area (Å²) in [6.45, 7) is 0.300. The Balaban J connectivity index is 1.18. The van der Waals surface area contributed by atoms with Crippen molar-refractivity contribution in [3.8, 4) is 34.4 Å². The monoisotopic (exact) mass is 736 g/mol. The number of carboxylic acid groups (broad SMARTS) is 1. The number of aliphatic hydroxyl groups excluding tert-OH is 1. The van der Waals surface area contributed by atoms with E-state index in [0.29, 0.717) is 56.2 Å². The van der Waals surface area contributed by atoms with Gasteiger partial charge in [-0.05, 0) is 36.2 Å². The van der Waals surface area contributed by atoms with Gasteiger partial charge in [-0.25, -0.2) is 14.6 Å². The van der Waals surface area contributed by atoms with Crippen LogP contribution in [0, 0.1) is 0 Å². The zero-order chi connectivity index (χ0) is 38.0. The first-order valence-electron chi connectivity index (χ1n) is 16.2. The molecule has 0 saturated carbocycles. The number of aliphatic hydroxyl groups is 1. The molecule has 53 heavy (non-hydrogen) atoms. The minimum absolute atomic E-state index is 0.0278. The third kappa shape index (κ3) is 7.59. The van der Waals surface area contributed by atoms with Crippen molar-refractivity contribution in [1.82, 2.24) is 14.9 Å². The number of esters is 1. The first-order chi connectivity index (χ1) is 25.4. The van der Waals surface area contributed by atoms with Crippen LogP contribution in [0.1, 0.15) is 36.1 Å². The Morgan fingerprint density at radius 2 is 1.81 bits per heavy atom. The number of methoxy groups -OCH3 is 1. The second-order valence-electron chi connectivity index (χ2n) is 12.0. The third-order valence-corrected chi connectivity index (χ3v) is 8.63. The molecule has 18 heteroatoms. The minimum Gasteiger partial charge on any atom is -0.507 e. The molecular weight excluding hydrogens is 700 g/mol. The molecule has 5 N–H and O–H groups in total. The van der Waals surface area contributed by atoms with E-state index in [1.807, 2.05) is 0 Å². The van der Waals surface area contributed by atoms with Gasteiger partial charge < -0.3 is 63.7 Å². The normalized spacial score (nSPS) is 14.1. The third-order valence-electron chi connectivity index (χ3n) is 8.63. The summed E-state index contributed by atoms with van der Waals surface area (Å²) in [5.41, 5.74) is 2.84. The smallest absolute Gasteiger partial charge is 0.407 e. The number of pyridine rings is 2. The molecule has 1 amide bonds. The van der Waals surface area contributed by atoms with Crippen molar-refractivity contribution in [2.45, 2.75) is 58.8 Å². The number of benzene rings is 2. The number of hydrogen-bond acceptors (Lipinski definition) is 15. The lowest BCUT2D eigenvalue weighted by Crippen LogP contribution is -2.39. The van der Waals surface area contributed by atoms with E-state index in [2.05, 4.69) is 10.6 Å². The molecule has 2 aromatic heterocycles. The van der Waals surface area contributed by atoms with Crippen LogP contribution in [0.15, 0.2) is 41.2 Å². The van der Waals surface area contributed by atoms with Gasteiger partial charge in [-0.15, -0.1) is 0 Å². The number of alkyl carbamates (subject to hydrolysis) is 1. The number of fused-ring (bicyclic) bond motifs is 5. The van der Waals surface area contributed by atoms with Crippen LogP contribution < -0.4 is 30.4 Å². The van der Waals surface area contributed by atoms with E-state index in [1.54, 1.807) is 31.3 Å². The van der Waals surface area contributed by atoms with Crippen LogP contribution in [0.25, 0.3) is 22.3 Å². The largest absolute Gasteiger partial charge is 0.507 e. The number of hydrogen-bond donors (Lipinski definition) is 5. The summed E-state index contributed by atoms with van der Waals surface area (Å²) in [7, 11) is 2.82. The van der Waals surface area contributed by atoms with E-state index in [-0.39, 0.29) is 43.6 Å². The number of carbonyl (C=O) groups excluding carboxylic acids is 2. The standard InChI is InChI=1S/C35H36N4O14/c1-16(31(47-4)33(43)44)52-35(46)53-27-6-5-18(7-24(27)36-3)13-49-34(45)37-11-20-19-8-28-29(51-15-50-28)9-23(19)38-30-21(20)12-39-25(30)10-26(41)22(32(39)42)14-48-17(2)40/h5-10,16,31,35-36,41,46H,11-15H2,1-4H3,(H,37,45)(H,43,44). The first kappa shape index (κ1) is 36.7. The van der Waals surface area contributed by atoms with E-state index in [0.717, 1.165) is 0 Å². The van der Waals surface area contributed by atoms with Crippen LogP contribution in [-0.4, -0.2) is 82.5 Å². The number of rotatable bonds is 14. The fourth-order valence-electron chi connectivity index (χ4n) is 6.05. The topological polar surface area (TPSA) is 235 Å². The Morgan fingerprint density at radius 3 is 2.51 bits per heavy atom. The first-order valence-corrected chi connectivity index (χ1v) is 16.2. The molecule has 4 aromatic rings. The second-order valence-corrected chi connectivity index (χ2v) is 12.0. The van der Waals surface area contributed by atoms with Crippen LogP contribution in [0.3, 0.4) is 0 Å². The van der Waals surface area contributed by atoms with Gasteiger partial charge in [0.1, 0.15) is 24.7 Å². The second kappa shape index (κ2) is 15.2. The molecule has 2 aliphatic heterocycles. The molecule has 6 rings (SSSR count). The number of nitrogens with one attached hydrogen (secondary N) is 2. The van der Waals surface area contributed by atoms with Crippen molar-refractivity contribution in [1.29, 1.82) is 0 Å². The number of aromatic nitrogens is 2. The molecule has 2 aromatic carbocycles. The number of ether oxygens (including phenoxy) is 7. The molecular formula is C35H36N4O14. The summed E-state index contributed by atoms with van der Waals surface area (Å²) in [4.78, 5) is 53.9. The summed E-state index contributed by atoms with van der Waals surface area (Å²) < 4.78 is 38.6. The minimum atomic E-state index is -1.81. The quantitative estimate of drug-likeness (QED) is 0.0814. The van der Waals surface area contributed by atoms with E-state index < -0.39 is 48.9 Å². The lowest BCUT2D eigenvalue weighted by atomic mass is 10.00. The Hall–Kier alpha value is -6.11. The number of anilines is 1. The summed E-state index contributed by atoms with van der Waals surface area (Å²) in [6.07, 6.45) is -3.12. The van der Waals surface area contributed by atoms with E-state index in [1.165, 1.54) is 37.7 Å². The van der Waals surface area contributed by atoms with Gasteiger partial charge in [0.15, 0.2) is 17.6 Å². The maximum absolute atomic E-state index is 13.4. The molecule has 280 valence electrons. The van der Waals surface area contributed by atoms with Crippen LogP contribution in [0.5, 0.6) is 23.0 Å². The molecule has 0 bridgehead atoms. The highest BCUT2D eigenvalue weighted by atomic mass is 16.8. The van der Waals surface area contributed by atoms with Gasteiger partial charge >= 0.3 is 24.5 Å². The number of carbonyl (C=O) groups is 3. The molecule has 2 aliphatic rings. The summed E-state index contributed by atoms with van der Waals surface area (Å²) in [5, 5.41) is 36.5. The Kier molecular flexibility index (Phi) is 10.5. The molecule has 0 aliphatic carbocycles. The van der Waals surface area contributed by atoms with Gasteiger partial charge in [-0.1, -0.05) is 6.07 Å². The van der Waals surface area contributed by atoms with Crippen LogP contribution in [-0.2, 0) is 54.8 Å². The highest BCUT2D eigenvalue weighted by Gasteiger charge is 2.31. The molecule has 0 spiro atoms. The number of carboxylic acids is 1. The predicted molar refractivity (Wildman–Crippen MR) is 182 cm³/mol. The van der Waals surface area contributed by atoms with Crippen molar-refractivity contribution in [2.24, 2.45) is 0 Å². The molecule has 3 atom stereocenters. The lowest BCUT2D eigenvalue weighted by Gasteiger charge is -2.23. The van der Waals surface area contributed by atoms with E-state index in [9.17, 15) is 34.5 Å². The predicted octanol–water partition coefficient (Wildman–Crippen LogP) is 2.55. The molecule has 0 saturated heterocycles.